The molecule has 0 unspecified atom stereocenters. The standard InChI is InChI=1S/C25H28N6O2/c1-18-8-10-21(11-9-18)28-25-27-19(2)16-22(29-25)30-12-14-31(15-13-30)23(32)17-26-24(33)20-6-4-3-5-7-20/h3-11,16H,12-15,17H2,1-2H3,(H,26,33)(H,27,28,29). The zero-order chi connectivity index (χ0) is 23.2. The number of rotatable bonds is 6. The molecule has 1 saturated heterocycles. The lowest BCUT2D eigenvalue weighted by Gasteiger charge is -2.35. The smallest absolute Gasteiger partial charge is 0.251 e. The fourth-order valence-corrected chi connectivity index (χ4v) is 3.68. The van der Waals surface area contributed by atoms with E-state index in [1.165, 1.54) is 5.56 Å². The minimum absolute atomic E-state index is 0.00897. The van der Waals surface area contributed by atoms with Crippen LogP contribution in [0.2, 0.25) is 0 Å². The van der Waals surface area contributed by atoms with E-state index in [0.29, 0.717) is 37.7 Å². The maximum Gasteiger partial charge on any atom is 0.251 e. The molecule has 3 aromatic rings. The van der Waals surface area contributed by atoms with Crippen molar-refractivity contribution in [1.82, 2.24) is 20.2 Å². The van der Waals surface area contributed by atoms with E-state index in [1.807, 2.05) is 50.2 Å². The van der Waals surface area contributed by atoms with E-state index < -0.39 is 0 Å². The number of aryl methyl sites for hydroxylation is 2. The molecule has 1 fully saturated rings. The van der Waals surface area contributed by atoms with Crippen LogP contribution >= 0.6 is 0 Å². The van der Waals surface area contributed by atoms with Gasteiger partial charge < -0.3 is 20.4 Å². The summed E-state index contributed by atoms with van der Waals surface area (Å²) in [6, 6.07) is 18.9. The first-order chi connectivity index (χ1) is 16.0. The lowest BCUT2D eigenvalue weighted by Crippen LogP contribution is -2.51. The summed E-state index contributed by atoms with van der Waals surface area (Å²) < 4.78 is 0. The van der Waals surface area contributed by atoms with Crippen LogP contribution in [0.3, 0.4) is 0 Å². The van der Waals surface area contributed by atoms with E-state index in [-0.39, 0.29) is 18.4 Å². The number of amides is 2. The fraction of sp³-hybridized carbons (Fsp3) is 0.280. The van der Waals surface area contributed by atoms with Crippen LogP contribution in [0.4, 0.5) is 17.5 Å². The number of nitrogens with one attached hydrogen (secondary N) is 2. The first-order valence-corrected chi connectivity index (χ1v) is 11.0. The van der Waals surface area contributed by atoms with Crippen molar-refractivity contribution in [1.29, 1.82) is 0 Å². The Morgan fingerprint density at radius 3 is 2.30 bits per heavy atom. The maximum absolute atomic E-state index is 12.6. The molecule has 2 aromatic carbocycles. The van der Waals surface area contributed by atoms with Gasteiger partial charge in [-0.15, -0.1) is 0 Å². The van der Waals surface area contributed by atoms with Crippen LogP contribution in [-0.4, -0.2) is 59.4 Å². The van der Waals surface area contributed by atoms with Crippen molar-refractivity contribution in [3.05, 3.63) is 77.5 Å². The zero-order valence-corrected chi connectivity index (χ0v) is 18.9. The molecule has 8 heteroatoms. The molecule has 1 aromatic heterocycles. The van der Waals surface area contributed by atoms with Gasteiger partial charge in [0.15, 0.2) is 0 Å². The fourth-order valence-electron chi connectivity index (χ4n) is 3.68. The highest BCUT2D eigenvalue weighted by atomic mass is 16.2. The molecule has 2 amide bonds. The summed E-state index contributed by atoms with van der Waals surface area (Å²) in [7, 11) is 0. The molecule has 1 aliphatic heterocycles. The van der Waals surface area contributed by atoms with Gasteiger partial charge in [0.05, 0.1) is 6.54 Å². The van der Waals surface area contributed by atoms with Gasteiger partial charge in [-0.1, -0.05) is 35.9 Å². The predicted octanol–water partition coefficient (Wildman–Crippen LogP) is 2.92. The normalized spacial score (nSPS) is 13.5. The van der Waals surface area contributed by atoms with Crippen molar-refractivity contribution >= 4 is 29.3 Å². The summed E-state index contributed by atoms with van der Waals surface area (Å²) in [6.07, 6.45) is 0. The molecular weight excluding hydrogens is 416 g/mol. The van der Waals surface area contributed by atoms with Crippen molar-refractivity contribution in [2.24, 2.45) is 0 Å². The number of hydrogen-bond acceptors (Lipinski definition) is 6. The SMILES string of the molecule is Cc1ccc(Nc2nc(C)cc(N3CCN(C(=O)CNC(=O)c4ccccc4)CC3)n2)cc1. The number of anilines is 3. The lowest BCUT2D eigenvalue weighted by atomic mass is 10.2. The number of nitrogens with zero attached hydrogens (tertiary/aromatic N) is 4. The summed E-state index contributed by atoms with van der Waals surface area (Å²) in [4.78, 5) is 37.9. The Kier molecular flexibility index (Phi) is 6.83. The number of carbonyl (C=O) groups is 2. The molecule has 0 saturated carbocycles. The van der Waals surface area contributed by atoms with Crippen LogP contribution in [0.25, 0.3) is 0 Å². The second-order valence-corrected chi connectivity index (χ2v) is 8.10. The van der Waals surface area contributed by atoms with Crippen molar-refractivity contribution in [3.63, 3.8) is 0 Å². The molecule has 0 aliphatic carbocycles. The first-order valence-electron chi connectivity index (χ1n) is 11.0. The van der Waals surface area contributed by atoms with Crippen molar-refractivity contribution in [2.45, 2.75) is 13.8 Å². The summed E-state index contributed by atoms with van der Waals surface area (Å²) in [5.41, 5.74) is 3.55. The molecule has 2 heterocycles. The third kappa shape index (κ3) is 5.85. The van der Waals surface area contributed by atoms with Gasteiger partial charge in [-0.25, -0.2) is 4.98 Å². The maximum atomic E-state index is 12.6. The van der Waals surface area contributed by atoms with Crippen LogP contribution in [0.1, 0.15) is 21.6 Å². The quantitative estimate of drug-likeness (QED) is 0.608. The van der Waals surface area contributed by atoms with E-state index >= 15 is 0 Å². The van der Waals surface area contributed by atoms with Gasteiger partial charge >= 0.3 is 0 Å². The molecule has 0 spiro atoms. The molecule has 0 atom stereocenters. The van der Waals surface area contributed by atoms with E-state index in [0.717, 1.165) is 17.2 Å². The van der Waals surface area contributed by atoms with Gasteiger partial charge in [0.1, 0.15) is 5.82 Å². The average molecular weight is 445 g/mol. The lowest BCUT2D eigenvalue weighted by molar-refractivity contribution is -0.130. The molecule has 170 valence electrons. The number of benzene rings is 2. The number of piperazine rings is 1. The number of carbonyl (C=O) groups excluding carboxylic acids is 2. The van der Waals surface area contributed by atoms with E-state index in [1.54, 1.807) is 29.2 Å². The van der Waals surface area contributed by atoms with Crippen molar-refractivity contribution < 1.29 is 9.59 Å². The highest BCUT2D eigenvalue weighted by molar-refractivity contribution is 5.96. The van der Waals surface area contributed by atoms with Gasteiger partial charge in [0.2, 0.25) is 11.9 Å². The van der Waals surface area contributed by atoms with Crippen molar-refractivity contribution in [3.8, 4) is 0 Å². The van der Waals surface area contributed by atoms with Crippen LogP contribution < -0.4 is 15.5 Å². The summed E-state index contributed by atoms with van der Waals surface area (Å²) in [5, 5.41) is 5.97. The van der Waals surface area contributed by atoms with Crippen LogP contribution in [-0.2, 0) is 4.79 Å². The molecule has 8 nitrogen and oxygen atoms in total. The molecule has 0 bridgehead atoms. The van der Waals surface area contributed by atoms with Crippen LogP contribution in [0.5, 0.6) is 0 Å². The van der Waals surface area contributed by atoms with Crippen LogP contribution in [0.15, 0.2) is 60.7 Å². The second-order valence-electron chi connectivity index (χ2n) is 8.10. The van der Waals surface area contributed by atoms with Gasteiger partial charge in [-0.3, -0.25) is 9.59 Å². The topological polar surface area (TPSA) is 90.5 Å². The predicted molar refractivity (Wildman–Crippen MR) is 129 cm³/mol. The monoisotopic (exact) mass is 444 g/mol. The average Bonchev–Trinajstić information content (AvgIpc) is 2.84. The number of aromatic nitrogens is 2. The van der Waals surface area contributed by atoms with E-state index in [2.05, 4.69) is 25.5 Å². The first kappa shape index (κ1) is 22.3. The Bertz CT molecular complexity index is 1110. The molecule has 1 aliphatic rings. The minimum Gasteiger partial charge on any atom is -0.353 e. The minimum atomic E-state index is -0.243. The Morgan fingerprint density at radius 2 is 1.61 bits per heavy atom. The van der Waals surface area contributed by atoms with Crippen LogP contribution in [0, 0.1) is 13.8 Å². The Labute approximate surface area is 193 Å². The molecule has 0 radical (unpaired) electrons. The summed E-state index contributed by atoms with van der Waals surface area (Å²) >= 11 is 0. The molecule has 4 rings (SSSR count). The van der Waals surface area contributed by atoms with E-state index in [4.69, 9.17) is 0 Å². The largest absolute Gasteiger partial charge is 0.353 e. The van der Waals surface area contributed by atoms with Gasteiger partial charge in [-0.05, 0) is 38.1 Å². The number of hydrogen-bond donors (Lipinski definition) is 2. The second kappa shape index (κ2) is 10.1. The highest BCUT2D eigenvalue weighted by Crippen LogP contribution is 2.20. The third-order valence-electron chi connectivity index (χ3n) is 5.54. The Balaban J connectivity index is 1.31. The van der Waals surface area contributed by atoms with Gasteiger partial charge in [0.25, 0.3) is 5.91 Å². The zero-order valence-electron chi connectivity index (χ0n) is 18.9. The van der Waals surface area contributed by atoms with E-state index in [9.17, 15) is 9.59 Å². The molecular formula is C25H28N6O2. The van der Waals surface area contributed by atoms with Gasteiger partial charge in [0, 0.05) is 49.2 Å². The third-order valence-corrected chi connectivity index (χ3v) is 5.54. The van der Waals surface area contributed by atoms with Crippen molar-refractivity contribution in [2.75, 3.05) is 42.9 Å². The Hall–Kier alpha value is -3.94. The summed E-state index contributed by atoms with van der Waals surface area (Å²) in [6.45, 7) is 6.46. The molecule has 2 N–H and O–H groups in total. The molecule has 33 heavy (non-hydrogen) atoms. The summed E-state index contributed by atoms with van der Waals surface area (Å²) in [5.74, 6) is 1.06. The Morgan fingerprint density at radius 1 is 0.909 bits per heavy atom. The highest BCUT2D eigenvalue weighted by Gasteiger charge is 2.23. The van der Waals surface area contributed by atoms with Gasteiger partial charge in [-0.2, -0.15) is 4.98 Å².